The number of nitriles is 2. The highest BCUT2D eigenvalue weighted by Crippen LogP contribution is 2.34. The average molecular weight is 434 g/mol. The van der Waals surface area contributed by atoms with Gasteiger partial charge >= 0.3 is 6.18 Å². The summed E-state index contributed by atoms with van der Waals surface area (Å²) in [7, 11) is 3.45. The minimum atomic E-state index is -4.54. The Hall–Kier alpha value is -3.56. The largest absolute Gasteiger partial charge is 0.438 e. The van der Waals surface area contributed by atoms with Gasteiger partial charge in [0, 0.05) is 38.6 Å². The van der Waals surface area contributed by atoms with Crippen LogP contribution in [0.5, 0.6) is 11.6 Å². The van der Waals surface area contributed by atoms with Crippen LogP contribution >= 0.6 is 11.6 Å². The quantitative estimate of drug-likeness (QED) is 0.443. The topological polar surface area (TPSA) is 85.3 Å². The third-order valence-corrected chi connectivity index (χ3v) is 4.03. The molecule has 154 valence electrons. The molecule has 0 unspecified atom stereocenters. The summed E-state index contributed by atoms with van der Waals surface area (Å²) >= 11 is 5.82. The van der Waals surface area contributed by atoms with E-state index in [9.17, 15) is 13.2 Å². The van der Waals surface area contributed by atoms with E-state index >= 15 is 0 Å². The molecule has 0 aliphatic carbocycles. The minimum absolute atomic E-state index is 0.0103. The Balaban J connectivity index is 2.09. The van der Waals surface area contributed by atoms with Crippen molar-refractivity contribution in [1.29, 1.82) is 10.5 Å². The SMILES string of the molecule is CN(C)C(CC=Nc1ccc(Oc2ncc(C(F)(F)F)cc2Cl)cc1)=C(C#N)C#N. The fraction of sp³-hybridized carbons (Fsp3) is 0.200. The molecule has 1 heterocycles. The van der Waals surface area contributed by atoms with Gasteiger partial charge in [-0.1, -0.05) is 11.6 Å². The molecule has 6 nitrogen and oxygen atoms in total. The molecule has 0 saturated carbocycles. The zero-order chi connectivity index (χ0) is 22.3. The molecule has 0 spiro atoms. The molecule has 0 atom stereocenters. The van der Waals surface area contributed by atoms with E-state index in [1.54, 1.807) is 49.5 Å². The summed E-state index contributed by atoms with van der Waals surface area (Å²) in [4.78, 5) is 9.54. The number of aromatic nitrogens is 1. The van der Waals surface area contributed by atoms with Crippen LogP contribution in [0.25, 0.3) is 0 Å². The van der Waals surface area contributed by atoms with Gasteiger partial charge < -0.3 is 9.64 Å². The van der Waals surface area contributed by atoms with E-state index in [0.29, 0.717) is 23.3 Å². The lowest BCUT2D eigenvalue weighted by molar-refractivity contribution is -0.137. The van der Waals surface area contributed by atoms with Gasteiger partial charge in [0.05, 0.1) is 11.3 Å². The molecule has 1 aromatic heterocycles. The van der Waals surface area contributed by atoms with Crippen LogP contribution in [0.15, 0.2) is 52.8 Å². The van der Waals surface area contributed by atoms with Crippen LogP contribution in [-0.4, -0.2) is 30.2 Å². The molecular weight excluding hydrogens is 419 g/mol. The van der Waals surface area contributed by atoms with Crippen molar-refractivity contribution in [3.63, 3.8) is 0 Å². The summed E-state index contributed by atoms with van der Waals surface area (Å²) in [5.41, 5.74) is 0.150. The number of aliphatic imine (C=N–C) groups is 1. The highest BCUT2D eigenvalue weighted by molar-refractivity contribution is 6.31. The molecule has 1 aromatic carbocycles. The summed E-state index contributed by atoms with van der Waals surface area (Å²) in [5.74, 6) is 0.162. The first-order chi connectivity index (χ1) is 14.2. The van der Waals surface area contributed by atoms with Crippen molar-refractivity contribution in [3.8, 4) is 23.8 Å². The molecule has 0 saturated heterocycles. The second-order valence-corrected chi connectivity index (χ2v) is 6.47. The number of hydrogen-bond acceptors (Lipinski definition) is 6. The van der Waals surface area contributed by atoms with Crippen LogP contribution in [0.4, 0.5) is 18.9 Å². The fourth-order valence-corrected chi connectivity index (χ4v) is 2.47. The number of pyridine rings is 1. The second-order valence-electron chi connectivity index (χ2n) is 6.06. The zero-order valence-electron chi connectivity index (χ0n) is 15.9. The number of hydrogen-bond donors (Lipinski definition) is 0. The number of benzene rings is 1. The molecule has 0 radical (unpaired) electrons. The first-order valence-electron chi connectivity index (χ1n) is 8.39. The summed E-state index contributed by atoms with van der Waals surface area (Å²) in [6.45, 7) is 0. The van der Waals surface area contributed by atoms with Crippen molar-refractivity contribution < 1.29 is 17.9 Å². The molecule has 0 fully saturated rings. The van der Waals surface area contributed by atoms with Crippen molar-refractivity contribution >= 4 is 23.5 Å². The minimum Gasteiger partial charge on any atom is -0.438 e. The van der Waals surface area contributed by atoms with Gasteiger partial charge in [-0.3, -0.25) is 4.99 Å². The van der Waals surface area contributed by atoms with Crippen molar-refractivity contribution in [1.82, 2.24) is 9.88 Å². The molecule has 10 heteroatoms. The molecule has 30 heavy (non-hydrogen) atoms. The monoisotopic (exact) mass is 433 g/mol. The lowest BCUT2D eigenvalue weighted by atomic mass is 10.2. The van der Waals surface area contributed by atoms with E-state index in [1.807, 2.05) is 12.1 Å². The van der Waals surface area contributed by atoms with Crippen LogP contribution in [0.2, 0.25) is 5.02 Å². The third kappa shape index (κ3) is 5.97. The summed E-state index contributed by atoms with van der Waals surface area (Å²) in [5, 5.41) is 17.7. The summed E-state index contributed by atoms with van der Waals surface area (Å²) in [6, 6.07) is 10.8. The maximum Gasteiger partial charge on any atom is 0.417 e. The highest BCUT2D eigenvalue weighted by Gasteiger charge is 2.31. The van der Waals surface area contributed by atoms with Gasteiger partial charge in [-0.2, -0.15) is 23.7 Å². The van der Waals surface area contributed by atoms with Crippen LogP contribution in [0.1, 0.15) is 12.0 Å². The van der Waals surface area contributed by atoms with Crippen LogP contribution in [-0.2, 0) is 6.18 Å². The van der Waals surface area contributed by atoms with Crippen molar-refractivity contribution in [2.75, 3.05) is 14.1 Å². The predicted molar refractivity (Wildman–Crippen MR) is 105 cm³/mol. The lowest BCUT2D eigenvalue weighted by Gasteiger charge is -2.15. The number of rotatable bonds is 6. The fourth-order valence-electron chi connectivity index (χ4n) is 2.27. The Bertz CT molecular complexity index is 1030. The maximum atomic E-state index is 12.7. The Kier molecular flexibility index (Phi) is 7.40. The van der Waals surface area contributed by atoms with Crippen molar-refractivity contribution in [2.24, 2.45) is 4.99 Å². The highest BCUT2D eigenvalue weighted by atomic mass is 35.5. The number of allylic oxidation sites excluding steroid dienone is 2. The van der Waals surface area contributed by atoms with E-state index in [-0.39, 0.29) is 22.9 Å². The molecule has 2 aromatic rings. The van der Waals surface area contributed by atoms with Crippen LogP contribution in [0.3, 0.4) is 0 Å². The number of alkyl halides is 3. The summed E-state index contributed by atoms with van der Waals surface area (Å²) < 4.78 is 43.4. The Morgan fingerprint density at radius 2 is 1.87 bits per heavy atom. The van der Waals surface area contributed by atoms with Gasteiger partial charge in [-0.05, 0) is 30.3 Å². The molecule has 0 N–H and O–H groups in total. The Labute approximate surface area is 176 Å². The number of halogens is 4. The van der Waals surface area contributed by atoms with E-state index in [4.69, 9.17) is 26.9 Å². The average Bonchev–Trinajstić information content (AvgIpc) is 2.69. The predicted octanol–water partition coefficient (Wildman–Crippen LogP) is 5.50. The third-order valence-electron chi connectivity index (χ3n) is 3.76. The standard InChI is InChI=1S/C20H15ClF3N5O/c1-29(2)18(13(10-25)11-26)7-8-27-15-3-5-16(6-4-15)30-19-17(21)9-14(12-28-19)20(22,23)24/h3-6,8-9,12H,7H2,1-2H3. The zero-order valence-corrected chi connectivity index (χ0v) is 16.7. The Morgan fingerprint density at radius 3 is 2.37 bits per heavy atom. The van der Waals surface area contributed by atoms with Gasteiger partial charge in [0.1, 0.15) is 28.5 Å². The van der Waals surface area contributed by atoms with E-state index in [2.05, 4.69) is 9.98 Å². The molecule has 0 aliphatic rings. The number of nitrogens with zero attached hydrogens (tertiary/aromatic N) is 5. The smallest absolute Gasteiger partial charge is 0.417 e. The van der Waals surface area contributed by atoms with E-state index in [0.717, 1.165) is 6.07 Å². The van der Waals surface area contributed by atoms with Gasteiger partial charge in [0.25, 0.3) is 0 Å². The van der Waals surface area contributed by atoms with Crippen LogP contribution in [0, 0.1) is 22.7 Å². The molecule has 0 bridgehead atoms. The van der Waals surface area contributed by atoms with Crippen molar-refractivity contribution in [2.45, 2.75) is 12.6 Å². The molecule has 0 aliphatic heterocycles. The molecule has 0 amide bonds. The molecule has 2 rings (SSSR count). The van der Waals surface area contributed by atoms with Gasteiger partial charge in [0.15, 0.2) is 0 Å². The van der Waals surface area contributed by atoms with E-state index in [1.165, 1.54) is 0 Å². The normalized spacial score (nSPS) is 10.9. The van der Waals surface area contributed by atoms with Crippen molar-refractivity contribution in [3.05, 3.63) is 58.4 Å². The lowest BCUT2D eigenvalue weighted by Crippen LogP contribution is -2.13. The summed E-state index contributed by atoms with van der Waals surface area (Å²) in [6.07, 6.45) is -2.05. The van der Waals surface area contributed by atoms with Gasteiger partial charge in [0.2, 0.25) is 5.88 Å². The molecular formula is C20H15ClF3N5O. The van der Waals surface area contributed by atoms with E-state index < -0.39 is 11.7 Å². The maximum absolute atomic E-state index is 12.7. The Morgan fingerprint density at radius 1 is 1.23 bits per heavy atom. The van der Waals surface area contributed by atoms with Crippen LogP contribution < -0.4 is 4.74 Å². The van der Waals surface area contributed by atoms with Gasteiger partial charge in [-0.25, -0.2) is 4.98 Å². The first kappa shape index (κ1) is 22.7. The second kappa shape index (κ2) is 9.77. The number of ether oxygens (including phenoxy) is 1. The first-order valence-corrected chi connectivity index (χ1v) is 8.77. The van der Waals surface area contributed by atoms with Gasteiger partial charge in [-0.15, -0.1) is 0 Å².